The molecule has 0 saturated carbocycles. The molecule has 118 valence electrons. The Balaban J connectivity index is 2.16. The Hall–Kier alpha value is -1.49. The predicted octanol–water partition coefficient (Wildman–Crippen LogP) is -2.69. The van der Waals surface area contributed by atoms with Gasteiger partial charge in [-0.15, -0.1) is 0 Å². The van der Waals surface area contributed by atoms with E-state index in [0.29, 0.717) is 0 Å². The highest BCUT2D eigenvalue weighted by Gasteiger charge is 2.44. The first-order valence-electron chi connectivity index (χ1n) is 6.17. The van der Waals surface area contributed by atoms with Crippen molar-refractivity contribution in [2.45, 2.75) is 37.3 Å². The van der Waals surface area contributed by atoms with Crippen LogP contribution in [0.5, 0.6) is 5.75 Å². The third kappa shape index (κ3) is 3.23. The van der Waals surface area contributed by atoms with Gasteiger partial charge in [-0.1, -0.05) is 0 Å². The zero-order chi connectivity index (χ0) is 15.6. The van der Waals surface area contributed by atoms with Crippen molar-refractivity contribution in [1.29, 1.82) is 0 Å². The quantitative estimate of drug-likeness (QED) is 0.400. The Labute approximate surface area is 118 Å². The molecule has 5 N–H and O–H groups in total. The van der Waals surface area contributed by atoms with Crippen LogP contribution in [0.15, 0.2) is 21.5 Å². The van der Waals surface area contributed by atoms with Crippen LogP contribution in [0.1, 0.15) is 5.76 Å². The molecule has 1 aromatic rings. The van der Waals surface area contributed by atoms with E-state index in [9.17, 15) is 20.1 Å². The van der Waals surface area contributed by atoms with Crippen molar-refractivity contribution in [3.8, 4) is 5.75 Å². The smallest absolute Gasteiger partial charge is 0.229 e. The van der Waals surface area contributed by atoms with E-state index >= 15 is 0 Å². The molecule has 0 aromatic carbocycles. The van der Waals surface area contributed by atoms with Crippen molar-refractivity contribution in [3.63, 3.8) is 0 Å². The molecule has 21 heavy (non-hydrogen) atoms. The molecule has 0 aliphatic carbocycles. The topological polar surface area (TPSA) is 150 Å². The van der Waals surface area contributed by atoms with Crippen molar-refractivity contribution < 1.29 is 39.4 Å². The molecule has 1 aliphatic heterocycles. The lowest BCUT2D eigenvalue weighted by Gasteiger charge is -2.39. The fourth-order valence-corrected chi connectivity index (χ4v) is 1.90. The molecule has 2 heterocycles. The zero-order valence-electron chi connectivity index (χ0n) is 10.8. The Morgan fingerprint density at radius 1 is 1.14 bits per heavy atom. The van der Waals surface area contributed by atoms with E-state index in [4.69, 9.17) is 24.1 Å². The molecule has 2 rings (SSSR count). The summed E-state index contributed by atoms with van der Waals surface area (Å²) in [4.78, 5) is 11.7. The minimum absolute atomic E-state index is 0.0288. The van der Waals surface area contributed by atoms with Crippen molar-refractivity contribution in [2.75, 3.05) is 6.61 Å². The van der Waals surface area contributed by atoms with Crippen molar-refractivity contribution in [2.24, 2.45) is 0 Å². The summed E-state index contributed by atoms with van der Waals surface area (Å²) in [5.41, 5.74) is -0.623. The first-order valence-corrected chi connectivity index (χ1v) is 6.17. The van der Waals surface area contributed by atoms with E-state index < -0.39 is 49.3 Å². The van der Waals surface area contributed by atoms with Gasteiger partial charge in [0, 0.05) is 6.07 Å². The van der Waals surface area contributed by atoms with Crippen molar-refractivity contribution >= 4 is 0 Å². The molecule has 9 nitrogen and oxygen atoms in total. The van der Waals surface area contributed by atoms with E-state index in [2.05, 4.69) is 0 Å². The molecule has 0 amide bonds. The number of hydrogen-bond donors (Lipinski definition) is 5. The monoisotopic (exact) mass is 304 g/mol. The molecule has 1 saturated heterocycles. The minimum atomic E-state index is -1.63. The Kier molecular flexibility index (Phi) is 4.93. The van der Waals surface area contributed by atoms with E-state index in [1.165, 1.54) is 0 Å². The van der Waals surface area contributed by atoms with Crippen LogP contribution in [0, 0.1) is 0 Å². The molecule has 5 atom stereocenters. The van der Waals surface area contributed by atoms with E-state index in [0.717, 1.165) is 12.3 Å². The van der Waals surface area contributed by atoms with Crippen molar-refractivity contribution in [1.82, 2.24) is 0 Å². The van der Waals surface area contributed by atoms with Gasteiger partial charge in [-0.05, 0) is 0 Å². The van der Waals surface area contributed by atoms with Gasteiger partial charge in [0.15, 0.2) is 0 Å². The molecule has 1 aromatic heterocycles. The van der Waals surface area contributed by atoms with E-state index in [1.54, 1.807) is 0 Å². The van der Waals surface area contributed by atoms with Crippen LogP contribution < -0.4 is 10.2 Å². The van der Waals surface area contributed by atoms with Crippen LogP contribution in [0.25, 0.3) is 0 Å². The van der Waals surface area contributed by atoms with Gasteiger partial charge in [0.2, 0.25) is 17.5 Å². The fourth-order valence-electron chi connectivity index (χ4n) is 1.90. The lowest BCUT2D eigenvalue weighted by Crippen LogP contribution is -2.60. The van der Waals surface area contributed by atoms with Crippen LogP contribution in [-0.2, 0) is 11.3 Å². The van der Waals surface area contributed by atoms with Crippen LogP contribution in [-0.4, -0.2) is 62.8 Å². The Morgan fingerprint density at radius 2 is 1.86 bits per heavy atom. The van der Waals surface area contributed by atoms with Gasteiger partial charge in [-0.3, -0.25) is 4.79 Å². The van der Waals surface area contributed by atoms with Crippen molar-refractivity contribution in [3.05, 3.63) is 28.3 Å². The fraction of sp³-hybridized carbons (Fsp3) is 0.583. The average molecular weight is 304 g/mol. The molecule has 1 aliphatic rings. The third-order valence-electron chi connectivity index (χ3n) is 3.10. The molecule has 0 radical (unpaired) electrons. The van der Waals surface area contributed by atoms with E-state index in [1.807, 2.05) is 0 Å². The maximum atomic E-state index is 11.7. The molecule has 0 unspecified atom stereocenters. The van der Waals surface area contributed by atoms with Gasteiger partial charge in [0.1, 0.15) is 43.0 Å². The van der Waals surface area contributed by atoms with Gasteiger partial charge in [-0.2, -0.15) is 0 Å². The second-order valence-corrected chi connectivity index (χ2v) is 4.55. The molecule has 0 bridgehead atoms. The Bertz CT molecular complexity index is 526. The van der Waals surface area contributed by atoms with Gasteiger partial charge in [0.05, 0.1) is 6.61 Å². The number of aliphatic hydroxyl groups excluding tert-OH is 5. The number of aliphatic hydroxyl groups is 5. The summed E-state index contributed by atoms with van der Waals surface area (Å²) in [5, 5.41) is 46.8. The summed E-state index contributed by atoms with van der Waals surface area (Å²) in [5.74, 6) is -0.280. The van der Waals surface area contributed by atoms with Crippen LogP contribution in [0.2, 0.25) is 0 Å². The lowest BCUT2D eigenvalue weighted by atomic mass is 9.99. The lowest BCUT2D eigenvalue weighted by molar-refractivity contribution is -0.277. The van der Waals surface area contributed by atoms with Gasteiger partial charge in [-0.25, -0.2) is 0 Å². The molecule has 9 heteroatoms. The molecule has 0 spiro atoms. The molecular weight excluding hydrogens is 288 g/mol. The highest BCUT2D eigenvalue weighted by atomic mass is 16.7. The first kappa shape index (κ1) is 15.9. The second-order valence-electron chi connectivity index (χ2n) is 4.55. The highest BCUT2D eigenvalue weighted by molar-refractivity contribution is 5.17. The zero-order valence-corrected chi connectivity index (χ0v) is 10.8. The van der Waals surface area contributed by atoms with Gasteiger partial charge < -0.3 is 39.4 Å². The summed E-state index contributed by atoms with van der Waals surface area (Å²) in [7, 11) is 0. The summed E-state index contributed by atoms with van der Waals surface area (Å²) in [6.45, 7) is -1.07. The largest absolute Gasteiger partial charge is 0.463 e. The SMILES string of the molecule is O=c1cc(CO)occ1O[C@H]1O[C@H](CO)[C@@H](O)[C@H](O)[C@H]1O. The highest BCUT2D eigenvalue weighted by Crippen LogP contribution is 2.23. The number of ether oxygens (including phenoxy) is 2. The molecule has 1 fully saturated rings. The summed E-state index contributed by atoms with van der Waals surface area (Å²) in [6.07, 6.45) is -6.43. The van der Waals surface area contributed by atoms with Crippen LogP contribution in [0.3, 0.4) is 0 Å². The van der Waals surface area contributed by atoms with E-state index in [-0.39, 0.29) is 11.5 Å². The normalized spacial score (nSPS) is 32.9. The maximum absolute atomic E-state index is 11.7. The predicted molar refractivity (Wildman–Crippen MR) is 65.3 cm³/mol. The average Bonchev–Trinajstić information content (AvgIpc) is 2.49. The third-order valence-corrected chi connectivity index (χ3v) is 3.10. The standard InChI is InChI=1S/C12H16O9/c13-2-5-1-6(15)8(4-19-5)21-12-11(18)10(17)9(16)7(3-14)20-12/h1,4,7,9-14,16-18H,2-3H2/t7-,9-,10+,11-,12-/m1/s1. The maximum Gasteiger partial charge on any atom is 0.229 e. The number of hydrogen-bond acceptors (Lipinski definition) is 9. The number of rotatable bonds is 4. The molecular formula is C12H16O9. The second kappa shape index (κ2) is 6.52. The Morgan fingerprint density at radius 3 is 2.43 bits per heavy atom. The van der Waals surface area contributed by atoms with Gasteiger partial charge >= 0.3 is 0 Å². The first-order chi connectivity index (χ1) is 9.97. The summed E-state index contributed by atoms with van der Waals surface area (Å²) < 4.78 is 15.1. The van der Waals surface area contributed by atoms with Crippen LogP contribution >= 0.6 is 0 Å². The summed E-state index contributed by atoms with van der Waals surface area (Å²) in [6, 6.07) is 0.999. The summed E-state index contributed by atoms with van der Waals surface area (Å²) >= 11 is 0. The van der Waals surface area contributed by atoms with Crippen LogP contribution in [0.4, 0.5) is 0 Å². The van der Waals surface area contributed by atoms with Gasteiger partial charge in [0.25, 0.3) is 0 Å². The minimum Gasteiger partial charge on any atom is -0.463 e.